The third-order valence-electron chi connectivity index (χ3n) is 0.358. The molecule has 0 atom stereocenters. The SMILES string of the molecule is [CH2]OC/C(Br)=C/Br. The molecule has 0 aromatic carbocycles. The minimum Gasteiger partial charge on any atom is -0.374 e. The van der Waals surface area contributed by atoms with Crippen LogP contribution in [0.2, 0.25) is 0 Å². The summed E-state index contributed by atoms with van der Waals surface area (Å²) in [6, 6.07) is 0. The van der Waals surface area contributed by atoms with Crippen molar-refractivity contribution in [3.63, 3.8) is 0 Å². The topological polar surface area (TPSA) is 9.23 Å². The predicted octanol–water partition coefficient (Wildman–Crippen LogP) is 2.43. The molecule has 0 amide bonds. The summed E-state index contributed by atoms with van der Waals surface area (Å²) < 4.78 is 5.45. The molecule has 0 aliphatic heterocycles. The molecule has 0 unspecified atom stereocenters. The third kappa shape index (κ3) is 4.51. The van der Waals surface area contributed by atoms with Crippen molar-refractivity contribution in [1.29, 1.82) is 0 Å². The van der Waals surface area contributed by atoms with Crippen molar-refractivity contribution in [3.05, 3.63) is 16.6 Å². The third-order valence-corrected chi connectivity index (χ3v) is 1.98. The van der Waals surface area contributed by atoms with Crippen LogP contribution in [0.1, 0.15) is 0 Å². The highest BCUT2D eigenvalue weighted by Gasteiger charge is 1.83. The first-order chi connectivity index (χ1) is 3.31. The summed E-state index contributed by atoms with van der Waals surface area (Å²) >= 11 is 6.29. The molecule has 1 nitrogen and oxygen atoms in total. The van der Waals surface area contributed by atoms with Crippen molar-refractivity contribution < 1.29 is 4.74 Å². The Kier molecular flexibility index (Phi) is 5.26. The van der Waals surface area contributed by atoms with Crippen LogP contribution in [0.3, 0.4) is 0 Å². The van der Waals surface area contributed by atoms with Crippen LogP contribution in [-0.2, 0) is 4.74 Å². The maximum Gasteiger partial charge on any atom is 0.0788 e. The molecule has 0 N–H and O–H groups in total. The molecule has 1 radical (unpaired) electrons. The molecule has 0 rings (SSSR count). The summed E-state index contributed by atoms with van der Waals surface area (Å²) in [5.41, 5.74) is 0. The molecule has 3 heteroatoms. The maximum absolute atomic E-state index is 4.50. The van der Waals surface area contributed by atoms with Gasteiger partial charge in [0.05, 0.1) is 13.7 Å². The lowest BCUT2D eigenvalue weighted by Crippen LogP contribution is -1.81. The van der Waals surface area contributed by atoms with Gasteiger partial charge in [-0.25, -0.2) is 0 Å². The Balaban J connectivity index is 3.17. The van der Waals surface area contributed by atoms with E-state index in [0.29, 0.717) is 6.61 Å². The second kappa shape index (κ2) is 4.81. The van der Waals surface area contributed by atoms with Crippen LogP contribution < -0.4 is 0 Å². The van der Waals surface area contributed by atoms with Gasteiger partial charge < -0.3 is 4.74 Å². The molecular weight excluding hydrogens is 224 g/mol. The first-order valence-corrected chi connectivity index (χ1v) is 3.34. The van der Waals surface area contributed by atoms with E-state index in [-0.39, 0.29) is 0 Å². The van der Waals surface area contributed by atoms with Crippen molar-refractivity contribution in [2.45, 2.75) is 0 Å². The highest BCUT2D eigenvalue weighted by Crippen LogP contribution is 2.06. The van der Waals surface area contributed by atoms with Gasteiger partial charge in [0.2, 0.25) is 0 Å². The van der Waals surface area contributed by atoms with Crippen molar-refractivity contribution in [2.24, 2.45) is 0 Å². The number of hydrogen-bond donors (Lipinski definition) is 0. The van der Waals surface area contributed by atoms with E-state index in [9.17, 15) is 0 Å². The number of ether oxygens (including phenoxy) is 1. The second-order valence-electron chi connectivity index (χ2n) is 0.904. The number of hydrogen-bond acceptors (Lipinski definition) is 1. The lowest BCUT2D eigenvalue weighted by Gasteiger charge is -1.90. The van der Waals surface area contributed by atoms with Crippen LogP contribution >= 0.6 is 31.9 Å². The molecule has 0 spiro atoms. The monoisotopic (exact) mass is 227 g/mol. The molecule has 0 heterocycles. The Hall–Kier alpha value is 0.660. The molecular formula is C4H5Br2O. The normalized spacial score (nSPS) is 12.1. The average Bonchev–Trinajstić information content (AvgIpc) is 1.68. The van der Waals surface area contributed by atoms with Gasteiger partial charge in [-0.05, 0) is 4.99 Å². The molecule has 0 saturated heterocycles. The average molecular weight is 229 g/mol. The fraction of sp³-hybridized carbons (Fsp3) is 0.250. The Labute approximate surface area is 60.0 Å². The second-order valence-corrected chi connectivity index (χ2v) is 2.38. The van der Waals surface area contributed by atoms with E-state index in [1.807, 2.05) is 0 Å². The molecule has 7 heavy (non-hydrogen) atoms. The Bertz CT molecular complexity index is 70.1. The van der Waals surface area contributed by atoms with Crippen molar-refractivity contribution in [3.8, 4) is 0 Å². The van der Waals surface area contributed by atoms with E-state index in [4.69, 9.17) is 0 Å². The van der Waals surface area contributed by atoms with E-state index < -0.39 is 0 Å². The first kappa shape index (κ1) is 7.66. The quantitative estimate of drug-likeness (QED) is 0.706. The summed E-state index contributed by atoms with van der Waals surface area (Å²) in [6.45, 7) is 0.519. The van der Waals surface area contributed by atoms with Gasteiger partial charge in [0.1, 0.15) is 0 Å². The highest BCUT2D eigenvalue weighted by molar-refractivity contribution is 9.14. The summed E-state index contributed by atoms with van der Waals surface area (Å²) in [5.74, 6) is 0. The summed E-state index contributed by atoms with van der Waals surface area (Å²) in [4.78, 5) is 1.73. The molecule has 41 valence electrons. The van der Waals surface area contributed by atoms with E-state index in [0.717, 1.165) is 4.48 Å². The van der Waals surface area contributed by atoms with E-state index in [1.54, 1.807) is 4.99 Å². The van der Waals surface area contributed by atoms with Crippen molar-refractivity contribution in [1.82, 2.24) is 0 Å². The van der Waals surface area contributed by atoms with E-state index >= 15 is 0 Å². The van der Waals surface area contributed by atoms with Crippen molar-refractivity contribution in [2.75, 3.05) is 6.61 Å². The van der Waals surface area contributed by atoms with Crippen molar-refractivity contribution >= 4 is 31.9 Å². The molecule has 0 fully saturated rings. The van der Waals surface area contributed by atoms with Gasteiger partial charge in [-0.2, -0.15) is 0 Å². The Morgan fingerprint density at radius 1 is 1.86 bits per heavy atom. The largest absolute Gasteiger partial charge is 0.374 e. The molecule has 0 saturated carbocycles. The molecule has 0 aromatic heterocycles. The zero-order valence-corrected chi connectivity index (χ0v) is 6.83. The van der Waals surface area contributed by atoms with Gasteiger partial charge >= 0.3 is 0 Å². The van der Waals surface area contributed by atoms with Gasteiger partial charge in [0, 0.05) is 4.48 Å². The highest BCUT2D eigenvalue weighted by atomic mass is 79.9. The first-order valence-electron chi connectivity index (χ1n) is 1.63. The predicted molar refractivity (Wildman–Crippen MR) is 37.2 cm³/mol. The van der Waals surface area contributed by atoms with E-state index in [2.05, 4.69) is 43.7 Å². The van der Waals surface area contributed by atoms with Crippen LogP contribution in [0.5, 0.6) is 0 Å². The maximum atomic E-state index is 4.50. The number of rotatable bonds is 2. The zero-order chi connectivity index (χ0) is 5.70. The van der Waals surface area contributed by atoms with Crippen LogP contribution in [0.4, 0.5) is 0 Å². The van der Waals surface area contributed by atoms with Crippen LogP contribution in [0, 0.1) is 7.11 Å². The van der Waals surface area contributed by atoms with Crippen LogP contribution in [0.15, 0.2) is 9.47 Å². The minimum atomic E-state index is 0.519. The summed E-state index contributed by atoms with van der Waals surface area (Å²) in [6.07, 6.45) is 0. The molecule has 0 aliphatic rings. The smallest absolute Gasteiger partial charge is 0.0788 e. The van der Waals surface area contributed by atoms with Gasteiger partial charge in [0.15, 0.2) is 0 Å². The zero-order valence-electron chi connectivity index (χ0n) is 3.66. The fourth-order valence-corrected chi connectivity index (χ4v) is 0.423. The van der Waals surface area contributed by atoms with Gasteiger partial charge in [-0.15, -0.1) is 0 Å². The standard InChI is InChI=1S/C4H5Br2O/c1-7-3-4(6)2-5/h2H,1,3H2/b4-2-. The fourth-order valence-electron chi connectivity index (χ4n) is 0.129. The van der Waals surface area contributed by atoms with Gasteiger partial charge in [0.25, 0.3) is 0 Å². The van der Waals surface area contributed by atoms with E-state index in [1.165, 1.54) is 0 Å². The number of halogens is 2. The Morgan fingerprint density at radius 3 is 2.57 bits per heavy atom. The summed E-state index contributed by atoms with van der Waals surface area (Å²) in [7, 11) is 3.18. The molecule has 0 aromatic rings. The lowest BCUT2D eigenvalue weighted by molar-refractivity contribution is 0.280. The lowest BCUT2D eigenvalue weighted by atomic mass is 10.7. The van der Waals surface area contributed by atoms with Gasteiger partial charge in [-0.1, -0.05) is 31.9 Å². The minimum absolute atomic E-state index is 0.519. The molecule has 0 bridgehead atoms. The molecule has 0 aliphatic carbocycles. The summed E-state index contributed by atoms with van der Waals surface area (Å²) in [5, 5.41) is 0. The van der Waals surface area contributed by atoms with Crippen LogP contribution in [0.25, 0.3) is 0 Å². The Morgan fingerprint density at radius 2 is 2.43 bits per heavy atom. The van der Waals surface area contributed by atoms with Crippen LogP contribution in [-0.4, -0.2) is 6.61 Å². The van der Waals surface area contributed by atoms with Gasteiger partial charge in [-0.3, -0.25) is 0 Å².